The van der Waals surface area contributed by atoms with Gasteiger partial charge >= 0.3 is 6.03 Å². The van der Waals surface area contributed by atoms with Gasteiger partial charge in [-0.25, -0.2) is 4.79 Å². The zero-order valence-electron chi connectivity index (χ0n) is 8.79. The molecule has 1 heterocycles. The molecule has 0 aromatic rings. The first-order valence-corrected chi connectivity index (χ1v) is 5.84. The van der Waals surface area contributed by atoms with E-state index in [2.05, 4.69) is 5.32 Å². The Hall–Kier alpha value is -1.06. The lowest BCUT2D eigenvalue weighted by molar-refractivity contribution is -0.136. The van der Waals surface area contributed by atoms with Crippen molar-refractivity contribution in [1.29, 1.82) is 0 Å². The van der Waals surface area contributed by atoms with Crippen molar-refractivity contribution in [2.45, 2.75) is 56.5 Å². The summed E-state index contributed by atoms with van der Waals surface area (Å²) in [5.41, 5.74) is -0.158. The molecule has 1 spiro atoms. The van der Waals surface area contributed by atoms with Gasteiger partial charge in [-0.1, -0.05) is 0 Å². The van der Waals surface area contributed by atoms with Gasteiger partial charge in [-0.3, -0.25) is 9.69 Å². The lowest BCUT2D eigenvalue weighted by Gasteiger charge is -2.49. The largest absolute Gasteiger partial charge is 0.332 e. The Balaban J connectivity index is 1.76. The Labute approximate surface area is 89.0 Å². The fraction of sp³-hybridized carbons (Fsp3) is 0.818. The van der Waals surface area contributed by atoms with Gasteiger partial charge in [0.15, 0.2) is 0 Å². The summed E-state index contributed by atoms with van der Waals surface area (Å²) in [5.74, 6) is 0.0446. The van der Waals surface area contributed by atoms with E-state index < -0.39 is 0 Å². The minimum atomic E-state index is -0.158. The number of hydrogen-bond donors (Lipinski definition) is 1. The SMILES string of the molecule is O=C1CC2(CCC2)NC(=O)N1C1CCC1. The van der Waals surface area contributed by atoms with Crippen LogP contribution in [0.15, 0.2) is 0 Å². The molecule has 0 radical (unpaired) electrons. The van der Waals surface area contributed by atoms with Crippen molar-refractivity contribution in [2.24, 2.45) is 0 Å². The Morgan fingerprint density at radius 3 is 2.33 bits per heavy atom. The normalized spacial score (nSPS) is 29.7. The van der Waals surface area contributed by atoms with Crippen LogP contribution in [0.1, 0.15) is 44.9 Å². The maximum Gasteiger partial charge on any atom is 0.324 e. The third-order valence-corrected chi connectivity index (χ3v) is 4.10. The average Bonchev–Trinajstić information content (AvgIpc) is 2.05. The van der Waals surface area contributed by atoms with Gasteiger partial charge in [-0.05, 0) is 38.5 Å². The van der Waals surface area contributed by atoms with E-state index in [-0.39, 0.29) is 23.5 Å². The van der Waals surface area contributed by atoms with E-state index in [0.29, 0.717) is 6.42 Å². The summed E-state index contributed by atoms with van der Waals surface area (Å²) in [6.45, 7) is 0. The van der Waals surface area contributed by atoms with Crippen LogP contribution in [0.25, 0.3) is 0 Å². The van der Waals surface area contributed by atoms with Crippen molar-refractivity contribution in [2.75, 3.05) is 0 Å². The second-order valence-electron chi connectivity index (χ2n) is 5.09. The zero-order valence-corrected chi connectivity index (χ0v) is 8.79. The molecule has 2 aliphatic carbocycles. The monoisotopic (exact) mass is 208 g/mol. The van der Waals surface area contributed by atoms with Gasteiger partial charge in [0.25, 0.3) is 0 Å². The highest BCUT2D eigenvalue weighted by atomic mass is 16.2. The van der Waals surface area contributed by atoms with E-state index in [9.17, 15) is 9.59 Å². The number of urea groups is 1. The van der Waals surface area contributed by atoms with Crippen LogP contribution in [-0.4, -0.2) is 28.4 Å². The number of nitrogens with zero attached hydrogens (tertiary/aromatic N) is 1. The van der Waals surface area contributed by atoms with Crippen LogP contribution < -0.4 is 5.32 Å². The molecular formula is C11H16N2O2. The molecule has 1 aliphatic heterocycles. The molecule has 4 heteroatoms. The second kappa shape index (κ2) is 2.97. The van der Waals surface area contributed by atoms with Crippen LogP contribution >= 0.6 is 0 Å². The summed E-state index contributed by atoms with van der Waals surface area (Å²) in [5, 5.41) is 3.02. The molecule has 0 bridgehead atoms. The highest BCUT2D eigenvalue weighted by Gasteiger charge is 2.48. The number of imide groups is 1. The molecule has 15 heavy (non-hydrogen) atoms. The summed E-state index contributed by atoms with van der Waals surface area (Å²) in [4.78, 5) is 25.2. The molecule has 1 N–H and O–H groups in total. The number of nitrogens with one attached hydrogen (secondary N) is 1. The van der Waals surface area contributed by atoms with E-state index in [1.165, 1.54) is 4.90 Å². The topological polar surface area (TPSA) is 49.4 Å². The molecule has 82 valence electrons. The lowest BCUT2D eigenvalue weighted by Crippen LogP contribution is -2.67. The van der Waals surface area contributed by atoms with Crippen LogP contribution in [0.3, 0.4) is 0 Å². The molecule has 3 fully saturated rings. The summed E-state index contributed by atoms with van der Waals surface area (Å²) in [7, 11) is 0. The third-order valence-electron chi connectivity index (χ3n) is 4.10. The van der Waals surface area contributed by atoms with Crippen molar-refractivity contribution in [3.05, 3.63) is 0 Å². The first kappa shape index (κ1) is 9.19. The predicted molar refractivity (Wildman–Crippen MR) is 54.2 cm³/mol. The second-order valence-corrected chi connectivity index (χ2v) is 5.09. The fourth-order valence-corrected chi connectivity index (χ4v) is 2.74. The molecular weight excluding hydrogens is 192 g/mol. The number of carbonyl (C=O) groups is 2. The summed E-state index contributed by atoms with van der Waals surface area (Å²) in [6, 6.07) is 0.0468. The summed E-state index contributed by atoms with van der Waals surface area (Å²) in [6.07, 6.45) is 6.74. The maximum atomic E-state index is 11.9. The Morgan fingerprint density at radius 1 is 1.20 bits per heavy atom. The van der Waals surface area contributed by atoms with Crippen LogP contribution in [0.5, 0.6) is 0 Å². The summed E-state index contributed by atoms with van der Waals surface area (Å²) >= 11 is 0. The van der Waals surface area contributed by atoms with Crippen LogP contribution in [0.4, 0.5) is 4.79 Å². The Kier molecular flexibility index (Phi) is 1.82. The van der Waals surface area contributed by atoms with Gasteiger partial charge in [0.05, 0.1) is 12.0 Å². The van der Waals surface area contributed by atoms with Crippen molar-refractivity contribution >= 4 is 11.9 Å². The molecule has 2 saturated carbocycles. The average molecular weight is 208 g/mol. The van der Waals surface area contributed by atoms with Gasteiger partial charge in [0.2, 0.25) is 5.91 Å². The molecule has 3 aliphatic rings. The van der Waals surface area contributed by atoms with Crippen LogP contribution in [0.2, 0.25) is 0 Å². The first-order valence-electron chi connectivity index (χ1n) is 5.84. The molecule has 1 saturated heterocycles. The predicted octanol–water partition coefficient (Wildman–Crippen LogP) is 1.40. The fourth-order valence-electron chi connectivity index (χ4n) is 2.74. The van der Waals surface area contributed by atoms with E-state index in [0.717, 1.165) is 38.5 Å². The Bertz CT molecular complexity index is 299. The quantitative estimate of drug-likeness (QED) is 0.708. The molecule has 0 atom stereocenters. The molecule has 4 nitrogen and oxygen atoms in total. The van der Waals surface area contributed by atoms with Crippen molar-refractivity contribution in [3.8, 4) is 0 Å². The van der Waals surface area contributed by atoms with E-state index >= 15 is 0 Å². The van der Waals surface area contributed by atoms with Crippen molar-refractivity contribution < 1.29 is 9.59 Å². The van der Waals surface area contributed by atoms with Crippen molar-refractivity contribution in [1.82, 2.24) is 10.2 Å². The minimum absolute atomic E-state index is 0.0446. The van der Waals surface area contributed by atoms with E-state index in [1.54, 1.807) is 0 Å². The molecule has 0 unspecified atom stereocenters. The van der Waals surface area contributed by atoms with Gasteiger partial charge in [0.1, 0.15) is 0 Å². The summed E-state index contributed by atoms with van der Waals surface area (Å²) < 4.78 is 0. The zero-order chi connectivity index (χ0) is 10.5. The van der Waals surface area contributed by atoms with E-state index in [4.69, 9.17) is 0 Å². The first-order chi connectivity index (χ1) is 7.20. The molecule has 3 rings (SSSR count). The minimum Gasteiger partial charge on any atom is -0.332 e. The lowest BCUT2D eigenvalue weighted by atomic mass is 9.73. The van der Waals surface area contributed by atoms with Gasteiger partial charge < -0.3 is 5.32 Å². The highest BCUT2D eigenvalue weighted by molar-refractivity contribution is 5.98. The van der Waals surface area contributed by atoms with E-state index in [1.807, 2.05) is 0 Å². The third kappa shape index (κ3) is 1.27. The molecule has 3 amide bonds. The van der Waals surface area contributed by atoms with Crippen molar-refractivity contribution in [3.63, 3.8) is 0 Å². The van der Waals surface area contributed by atoms with Gasteiger partial charge in [-0.15, -0.1) is 0 Å². The highest BCUT2D eigenvalue weighted by Crippen LogP contribution is 2.39. The number of amides is 3. The molecule has 0 aromatic carbocycles. The smallest absolute Gasteiger partial charge is 0.324 e. The Morgan fingerprint density at radius 2 is 1.93 bits per heavy atom. The van der Waals surface area contributed by atoms with Gasteiger partial charge in [-0.2, -0.15) is 0 Å². The number of carbonyl (C=O) groups excluding carboxylic acids is 2. The maximum absolute atomic E-state index is 11.9. The number of hydrogen-bond acceptors (Lipinski definition) is 2. The van der Waals surface area contributed by atoms with Gasteiger partial charge in [0, 0.05) is 6.04 Å². The standard InChI is InChI=1S/C11H16N2O2/c14-9-7-11(5-2-6-11)12-10(15)13(9)8-3-1-4-8/h8H,1-7H2,(H,12,15). The number of rotatable bonds is 1. The molecule has 0 aromatic heterocycles. The van der Waals surface area contributed by atoms with Crippen LogP contribution in [0, 0.1) is 0 Å². The van der Waals surface area contributed by atoms with Crippen LogP contribution in [-0.2, 0) is 4.79 Å².